The van der Waals surface area contributed by atoms with Gasteiger partial charge in [0.1, 0.15) is 6.04 Å². The molecule has 0 radical (unpaired) electrons. The normalized spacial score (nSPS) is 27.5. The van der Waals surface area contributed by atoms with Gasteiger partial charge in [-0.3, -0.25) is 4.79 Å². The minimum Gasteiger partial charge on any atom is -0.480 e. The van der Waals surface area contributed by atoms with Gasteiger partial charge in [-0.25, -0.2) is 14.5 Å². The van der Waals surface area contributed by atoms with Crippen molar-refractivity contribution in [2.45, 2.75) is 83.0 Å². The number of carbonyl (C=O) groups is 3. The summed E-state index contributed by atoms with van der Waals surface area (Å²) >= 11 is 0. The number of aliphatic carboxylic acids is 1. The molecule has 0 aromatic heterocycles. The van der Waals surface area contributed by atoms with Crippen molar-refractivity contribution < 1.29 is 32.7 Å². The summed E-state index contributed by atoms with van der Waals surface area (Å²) in [6.07, 6.45) is 6.88. The van der Waals surface area contributed by atoms with E-state index in [2.05, 4.69) is 19.1 Å². The maximum Gasteiger partial charge on any atom is 0.408 e. The van der Waals surface area contributed by atoms with Gasteiger partial charge in [0.2, 0.25) is 5.91 Å². The molecular weight excluding hydrogens is 425 g/mol. The van der Waals surface area contributed by atoms with Crippen LogP contribution in [0.4, 0.5) is 18.0 Å². The number of nitrogens with one attached hydrogen (secondary N) is 1. The first-order valence-electron chi connectivity index (χ1n) is 11.4. The van der Waals surface area contributed by atoms with Crippen molar-refractivity contribution in [1.82, 2.24) is 10.2 Å². The van der Waals surface area contributed by atoms with Gasteiger partial charge in [-0.15, -0.1) is 0 Å². The molecule has 0 spiro atoms. The van der Waals surface area contributed by atoms with Gasteiger partial charge in [0, 0.05) is 0 Å². The lowest BCUT2D eigenvalue weighted by molar-refractivity contribution is -0.173. The van der Waals surface area contributed by atoms with Gasteiger partial charge >= 0.3 is 18.2 Å². The van der Waals surface area contributed by atoms with Crippen LogP contribution in [0.15, 0.2) is 23.8 Å². The molecular formula is C23H31F3N2O4. The van der Waals surface area contributed by atoms with Crippen LogP contribution in [-0.4, -0.2) is 46.2 Å². The Labute approximate surface area is 185 Å². The minimum absolute atomic E-state index is 0.268. The average molecular weight is 457 g/mol. The molecule has 3 rings (SSSR count). The first kappa shape index (κ1) is 24.3. The van der Waals surface area contributed by atoms with Gasteiger partial charge in [-0.05, 0) is 50.4 Å². The number of alkyl halides is 3. The van der Waals surface area contributed by atoms with E-state index in [1.165, 1.54) is 0 Å². The third-order valence-corrected chi connectivity index (χ3v) is 6.76. The van der Waals surface area contributed by atoms with Gasteiger partial charge in [0.25, 0.3) is 0 Å². The number of hydrogen-bond donors (Lipinski definition) is 2. The number of β-lactam (4-membered cyclic amide) rings is 1. The lowest BCUT2D eigenvalue weighted by atomic mass is 9.82. The molecule has 1 saturated carbocycles. The van der Waals surface area contributed by atoms with Crippen molar-refractivity contribution in [2.75, 3.05) is 0 Å². The van der Waals surface area contributed by atoms with E-state index in [0.29, 0.717) is 49.3 Å². The number of allylic oxidation sites excluding steroid dienone is 4. The number of imide groups is 1. The molecule has 1 saturated heterocycles. The highest BCUT2D eigenvalue weighted by Crippen LogP contribution is 2.36. The summed E-state index contributed by atoms with van der Waals surface area (Å²) < 4.78 is 40.8. The molecule has 3 aliphatic rings. The maximum atomic E-state index is 13.6. The van der Waals surface area contributed by atoms with E-state index in [1.807, 2.05) is 11.4 Å². The molecule has 0 aromatic carbocycles. The smallest absolute Gasteiger partial charge is 0.408 e. The van der Waals surface area contributed by atoms with Crippen molar-refractivity contribution in [3.8, 4) is 0 Å². The highest BCUT2D eigenvalue weighted by Gasteiger charge is 2.56. The van der Waals surface area contributed by atoms with Crippen LogP contribution >= 0.6 is 0 Å². The second kappa shape index (κ2) is 10.1. The molecule has 6 nitrogen and oxygen atoms in total. The molecule has 2 fully saturated rings. The van der Waals surface area contributed by atoms with Crippen LogP contribution in [0.5, 0.6) is 0 Å². The number of carbonyl (C=O) groups excluding carboxylic acids is 2. The van der Waals surface area contributed by atoms with Crippen LogP contribution in [-0.2, 0) is 9.59 Å². The second-order valence-electron chi connectivity index (χ2n) is 9.21. The molecule has 0 aromatic rings. The highest BCUT2D eigenvalue weighted by atomic mass is 19.4. The number of carboxylic acids is 1. The third-order valence-electron chi connectivity index (χ3n) is 6.76. The number of likely N-dealkylation sites (tertiary alicyclic amines) is 1. The fourth-order valence-corrected chi connectivity index (χ4v) is 5.09. The summed E-state index contributed by atoms with van der Waals surface area (Å²) in [7, 11) is 0. The Morgan fingerprint density at radius 3 is 2.53 bits per heavy atom. The van der Waals surface area contributed by atoms with E-state index in [9.17, 15) is 32.7 Å². The van der Waals surface area contributed by atoms with Crippen LogP contribution in [0.2, 0.25) is 0 Å². The largest absolute Gasteiger partial charge is 0.480 e. The van der Waals surface area contributed by atoms with Crippen LogP contribution < -0.4 is 5.32 Å². The van der Waals surface area contributed by atoms with Crippen LogP contribution in [0, 0.1) is 17.8 Å². The van der Waals surface area contributed by atoms with E-state index in [1.54, 1.807) is 0 Å². The molecule has 178 valence electrons. The SMILES string of the molecule is CC1C=C(CCC[C@H]2C(=O)N(C(=O)N[C@@H](C3CCCCC3)C(F)(F)F)[C@@H]2C(=O)O)C=CC1. The summed E-state index contributed by atoms with van der Waals surface area (Å²) in [5, 5.41) is 11.5. The quantitative estimate of drug-likeness (QED) is 0.538. The molecule has 1 heterocycles. The molecule has 2 aliphatic carbocycles. The summed E-state index contributed by atoms with van der Waals surface area (Å²) in [5.74, 6) is -3.33. The van der Waals surface area contributed by atoms with Crippen molar-refractivity contribution >= 4 is 17.9 Å². The summed E-state index contributed by atoms with van der Waals surface area (Å²) in [6, 6.07) is -4.78. The Morgan fingerprint density at radius 2 is 1.94 bits per heavy atom. The Morgan fingerprint density at radius 1 is 1.25 bits per heavy atom. The fourth-order valence-electron chi connectivity index (χ4n) is 5.09. The standard InChI is InChI=1S/C23H31F3N2O4/c1-14-7-5-8-15(13-14)9-6-12-17-18(21(30)31)28(20(17)29)22(32)27-19(23(24,25)26)16-10-3-2-4-11-16/h5,8,13-14,16-19H,2-4,6-7,9-12H2,1H3,(H,27,32)(H,30,31)/t14?,17-,18+,19+/m1/s1. The number of carboxylic acid groups (broad SMARTS) is 1. The highest BCUT2D eigenvalue weighted by molar-refractivity contribution is 6.07. The van der Waals surface area contributed by atoms with Crippen LogP contribution in [0.25, 0.3) is 0 Å². The Bertz CT molecular complexity index is 787. The molecule has 0 bridgehead atoms. The first-order valence-corrected chi connectivity index (χ1v) is 11.4. The van der Waals surface area contributed by atoms with Gasteiger partial charge in [-0.1, -0.05) is 50.0 Å². The number of urea groups is 1. The molecule has 9 heteroatoms. The molecule has 1 aliphatic heterocycles. The Kier molecular flexibility index (Phi) is 7.67. The molecule has 2 N–H and O–H groups in total. The van der Waals surface area contributed by atoms with E-state index in [4.69, 9.17) is 0 Å². The van der Waals surface area contributed by atoms with Gasteiger partial charge < -0.3 is 10.4 Å². The van der Waals surface area contributed by atoms with Crippen LogP contribution in [0.1, 0.15) is 64.7 Å². The fraction of sp³-hybridized carbons (Fsp3) is 0.696. The lowest BCUT2D eigenvalue weighted by Crippen LogP contribution is -2.69. The number of nitrogens with zero attached hydrogens (tertiary/aromatic N) is 1. The monoisotopic (exact) mass is 456 g/mol. The zero-order valence-corrected chi connectivity index (χ0v) is 18.2. The van der Waals surface area contributed by atoms with Crippen molar-refractivity contribution in [1.29, 1.82) is 0 Å². The zero-order valence-electron chi connectivity index (χ0n) is 18.2. The Hall–Kier alpha value is -2.32. The van der Waals surface area contributed by atoms with Gasteiger partial charge in [0.05, 0.1) is 5.92 Å². The van der Waals surface area contributed by atoms with Gasteiger partial charge in [-0.2, -0.15) is 13.2 Å². The average Bonchev–Trinajstić information content (AvgIpc) is 2.72. The topological polar surface area (TPSA) is 86.7 Å². The molecule has 4 atom stereocenters. The first-order chi connectivity index (χ1) is 15.1. The minimum atomic E-state index is -4.66. The number of hydrogen-bond acceptors (Lipinski definition) is 3. The van der Waals surface area contributed by atoms with E-state index in [-0.39, 0.29) is 6.42 Å². The van der Waals surface area contributed by atoms with Crippen molar-refractivity contribution in [3.05, 3.63) is 23.8 Å². The third kappa shape index (κ3) is 5.53. The summed E-state index contributed by atoms with van der Waals surface area (Å²) in [6.45, 7) is 2.09. The maximum absolute atomic E-state index is 13.6. The van der Waals surface area contributed by atoms with E-state index in [0.717, 1.165) is 18.4 Å². The second-order valence-corrected chi connectivity index (χ2v) is 9.21. The Balaban J connectivity index is 1.61. The van der Waals surface area contributed by atoms with Crippen LogP contribution in [0.3, 0.4) is 0 Å². The molecule has 1 unspecified atom stereocenters. The predicted molar refractivity (Wildman–Crippen MR) is 112 cm³/mol. The predicted octanol–water partition coefficient (Wildman–Crippen LogP) is 4.81. The summed E-state index contributed by atoms with van der Waals surface area (Å²) in [5.41, 5.74) is 1.12. The molecule has 3 amide bonds. The summed E-state index contributed by atoms with van der Waals surface area (Å²) in [4.78, 5) is 37.3. The number of halogens is 3. The zero-order chi connectivity index (χ0) is 23.5. The van der Waals surface area contributed by atoms with Crippen molar-refractivity contribution in [2.24, 2.45) is 17.8 Å². The van der Waals surface area contributed by atoms with E-state index < -0.39 is 48.0 Å². The van der Waals surface area contributed by atoms with Crippen molar-refractivity contribution in [3.63, 3.8) is 0 Å². The number of amides is 3. The number of rotatable bonds is 7. The molecule has 32 heavy (non-hydrogen) atoms. The van der Waals surface area contributed by atoms with E-state index >= 15 is 0 Å². The lowest BCUT2D eigenvalue weighted by Gasteiger charge is -2.44. The van der Waals surface area contributed by atoms with Gasteiger partial charge in [0.15, 0.2) is 6.04 Å².